The highest BCUT2D eigenvalue weighted by molar-refractivity contribution is 7.89. The zero-order valence-corrected chi connectivity index (χ0v) is 12.5. The van der Waals surface area contributed by atoms with Crippen molar-refractivity contribution in [2.24, 2.45) is 0 Å². The Morgan fingerprint density at radius 3 is 2.52 bits per heavy atom. The Hall–Kier alpha value is -1.45. The first-order valence-electron chi connectivity index (χ1n) is 6.07. The fourth-order valence-corrected chi connectivity index (χ4v) is 3.33. The Morgan fingerprint density at radius 1 is 1.43 bits per heavy atom. The van der Waals surface area contributed by atoms with Crippen LogP contribution in [0.25, 0.3) is 0 Å². The first kappa shape index (κ1) is 17.6. The molecule has 1 aromatic carbocycles. The minimum Gasteiger partial charge on any atom is -0.495 e. The number of nitrogens with two attached hydrogens (primary N) is 1. The molecule has 6 nitrogen and oxygen atoms in total. The number of alkyl halides is 2. The van der Waals surface area contributed by atoms with Gasteiger partial charge in [0.05, 0.1) is 20.3 Å². The first-order chi connectivity index (χ1) is 9.73. The van der Waals surface area contributed by atoms with Gasteiger partial charge in [0.15, 0.2) is 0 Å². The van der Waals surface area contributed by atoms with Crippen molar-refractivity contribution in [2.75, 3.05) is 32.5 Å². The summed E-state index contributed by atoms with van der Waals surface area (Å²) in [7, 11) is -2.98. The maximum Gasteiger partial charge on any atom is 0.252 e. The molecule has 3 N–H and O–H groups in total. The van der Waals surface area contributed by atoms with Crippen LogP contribution in [0.4, 0.5) is 14.5 Å². The SMILES string of the molecule is COc1cc(C)c(N)cc1S(=O)(=O)N(CCO)CC(F)F. The van der Waals surface area contributed by atoms with E-state index in [1.165, 1.54) is 19.2 Å². The summed E-state index contributed by atoms with van der Waals surface area (Å²) in [5, 5.41) is 8.88. The summed E-state index contributed by atoms with van der Waals surface area (Å²) >= 11 is 0. The molecule has 0 amide bonds. The fourth-order valence-electron chi connectivity index (χ4n) is 1.75. The number of halogens is 2. The molecule has 9 heteroatoms. The number of sulfonamides is 1. The number of aliphatic hydroxyl groups excluding tert-OH is 1. The lowest BCUT2D eigenvalue weighted by Crippen LogP contribution is -2.37. The molecule has 1 aromatic rings. The quantitative estimate of drug-likeness (QED) is 0.725. The molecule has 0 aliphatic heterocycles. The Bertz CT molecular complexity index is 593. The van der Waals surface area contributed by atoms with Crippen molar-refractivity contribution >= 4 is 15.7 Å². The number of nitrogen functional groups attached to an aromatic ring is 1. The molecule has 1 rings (SSSR count). The maximum absolute atomic E-state index is 12.5. The van der Waals surface area contributed by atoms with Crippen LogP contribution in [-0.2, 0) is 10.0 Å². The normalized spacial score (nSPS) is 12.1. The second-order valence-corrected chi connectivity index (χ2v) is 6.24. The molecular formula is C12H18F2N2O4S. The van der Waals surface area contributed by atoms with Gasteiger partial charge in [-0.05, 0) is 24.6 Å². The highest BCUT2D eigenvalue weighted by Crippen LogP contribution is 2.31. The lowest BCUT2D eigenvalue weighted by molar-refractivity contribution is 0.113. The van der Waals surface area contributed by atoms with Crippen molar-refractivity contribution in [3.05, 3.63) is 17.7 Å². The van der Waals surface area contributed by atoms with Gasteiger partial charge in [-0.25, -0.2) is 17.2 Å². The van der Waals surface area contributed by atoms with Gasteiger partial charge in [-0.2, -0.15) is 4.31 Å². The third-order valence-corrected chi connectivity index (χ3v) is 4.75. The van der Waals surface area contributed by atoms with Crippen molar-refractivity contribution in [2.45, 2.75) is 18.2 Å². The summed E-state index contributed by atoms with van der Waals surface area (Å²) < 4.78 is 55.5. The van der Waals surface area contributed by atoms with Crippen molar-refractivity contribution in [1.82, 2.24) is 4.31 Å². The molecule has 0 aromatic heterocycles. The first-order valence-corrected chi connectivity index (χ1v) is 7.51. The number of aryl methyl sites for hydroxylation is 1. The third kappa shape index (κ3) is 4.02. The summed E-state index contributed by atoms with van der Waals surface area (Å²) in [6, 6.07) is 2.58. The highest BCUT2D eigenvalue weighted by atomic mass is 32.2. The van der Waals surface area contributed by atoms with E-state index in [9.17, 15) is 17.2 Å². The summed E-state index contributed by atoms with van der Waals surface area (Å²) in [5.74, 6) is 0.0129. The lowest BCUT2D eigenvalue weighted by Gasteiger charge is -2.22. The minimum absolute atomic E-state index is 0.0129. The Kier molecular flexibility index (Phi) is 5.87. The van der Waals surface area contributed by atoms with Gasteiger partial charge in [0.25, 0.3) is 6.43 Å². The van der Waals surface area contributed by atoms with Crippen LogP contribution in [0, 0.1) is 6.92 Å². The van der Waals surface area contributed by atoms with Crippen molar-refractivity contribution in [3.8, 4) is 5.75 Å². The Balaban J connectivity index is 3.36. The monoisotopic (exact) mass is 324 g/mol. The van der Waals surface area contributed by atoms with E-state index >= 15 is 0 Å². The molecule has 0 atom stereocenters. The second kappa shape index (κ2) is 7.01. The predicted molar refractivity (Wildman–Crippen MR) is 74.0 cm³/mol. The van der Waals surface area contributed by atoms with E-state index in [2.05, 4.69) is 0 Å². The van der Waals surface area contributed by atoms with E-state index in [1.807, 2.05) is 0 Å². The molecule has 0 unspecified atom stereocenters. The summed E-state index contributed by atoms with van der Waals surface area (Å²) in [4.78, 5) is -0.304. The number of ether oxygens (including phenoxy) is 1. The molecule has 120 valence electrons. The number of nitrogens with zero attached hydrogens (tertiary/aromatic N) is 1. The Labute approximate surface area is 122 Å². The molecule has 0 radical (unpaired) electrons. The van der Waals surface area contributed by atoms with Crippen LogP contribution in [0.15, 0.2) is 17.0 Å². The summed E-state index contributed by atoms with van der Waals surface area (Å²) in [6.07, 6.45) is -2.86. The van der Waals surface area contributed by atoms with Crippen molar-refractivity contribution in [1.29, 1.82) is 0 Å². The van der Waals surface area contributed by atoms with E-state index in [-0.39, 0.29) is 16.3 Å². The van der Waals surface area contributed by atoms with Gasteiger partial charge in [0, 0.05) is 12.2 Å². The van der Waals surface area contributed by atoms with Crippen LogP contribution in [0.5, 0.6) is 5.75 Å². The highest BCUT2D eigenvalue weighted by Gasteiger charge is 2.30. The van der Waals surface area contributed by atoms with E-state index in [0.29, 0.717) is 9.87 Å². The van der Waals surface area contributed by atoms with Gasteiger partial charge in [0.1, 0.15) is 10.6 Å². The van der Waals surface area contributed by atoms with Gasteiger partial charge in [0.2, 0.25) is 10.0 Å². The molecular weight excluding hydrogens is 306 g/mol. The van der Waals surface area contributed by atoms with E-state index < -0.39 is 36.1 Å². The van der Waals surface area contributed by atoms with Gasteiger partial charge in [-0.1, -0.05) is 0 Å². The summed E-state index contributed by atoms with van der Waals surface area (Å²) in [6.45, 7) is -0.363. The largest absolute Gasteiger partial charge is 0.495 e. The van der Waals surface area contributed by atoms with Crippen LogP contribution < -0.4 is 10.5 Å². The molecule has 0 bridgehead atoms. The predicted octanol–water partition coefficient (Wildman–Crippen LogP) is 0.834. The van der Waals surface area contributed by atoms with Crippen LogP contribution in [0.3, 0.4) is 0 Å². The summed E-state index contributed by atoms with van der Waals surface area (Å²) in [5.41, 5.74) is 6.49. The smallest absolute Gasteiger partial charge is 0.252 e. The average Bonchev–Trinajstić information content (AvgIpc) is 2.40. The number of rotatable bonds is 7. The molecule has 0 saturated heterocycles. The topological polar surface area (TPSA) is 92.9 Å². The Morgan fingerprint density at radius 2 is 2.05 bits per heavy atom. The van der Waals surface area contributed by atoms with E-state index in [0.717, 1.165) is 0 Å². The standard InChI is InChI=1S/C12H18F2N2O4S/c1-8-5-10(20-2)11(6-9(8)15)21(18,19)16(3-4-17)7-12(13)14/h5-6,12,17H,3-4,7,15H2,1-2H3. The lowest BCUT2D eigenvalue weighted by atomic mass is 10.2. The number of hydrogen-bond donors (Lipinski definition) is 2. The number of benzene rings is 1. The molecule has 21 heavy (non-hydrogen) atoms. The molecule has 0 heterocycles. The van der Waals surface area contributed by atoms with E-state index in [4.69, 9.17) is 15.6 Å². The third-order valence-electron chi connectivity index (χ3n) is 2.86. The number of anilines is 1. The average molecular weight is 324 g/mol. The van der Waals surface area contributed by atoms with Crippen LogP contribution in [0.1, 0.15) is 5.56 Å². The number of methoxy groups -OCH3 is 1. The van der Waals surface area contributed by atoms with Crippen molar-refractivity contribution in [3.63, 3.8) is 0 Å². The van der Waals surface area contributed by atoms with Gasteiger partial charge >= 0.3 is 0 Å². The zero-order chi connectivity index (χ0) is 16.2. The van der Waals surface area contributed by atoms with Crippen LogP contribution in [-0.4, -0.2) is 51.1 Å². The molecule has 0 aliphatic carbocycles. The van der Waals surface area contributed by atoms with Gasteiger partial charge in [-0.3, -0.25) is 0 Å². The molecule has 0 saturated carbocycles. The molecule has 0 fully saturated rings. The van der Waals surface area contributed by atoms with Gasteiger partial charge in [-0.15, -0.1) is 0 Å². The van der Waals surface area contributed by atoms with Crippen molar-refractivity contribution < 1.29 is 27.0 Å². The number of aliphatic hydroxyl groups is 1. The minimum atomic E-state index is -4.25. The van der Waals surface area contributed by atoms with E-state index in [1.54, 1.807) is 6.92 Å². The van der Waals surface area contributed by atoms with Gasteiger partial charge < -0.3 is 15.6 Å². The molecule has 0 aliphatic rings. The molecule has 0 spiro atoms. The second-order valence-electron chi connectivity index (χ2n) is 4.34. The number of hydrogen-bond acceptors (Lipinski definition) is 5. The fraction of sp³-hybridized carbons (Fsp3) is 0.500. The van der Waals surface area contributed by atoms with Crippen LogP contribution in [0.2, 0.25) is 0 Å². The maximum atomic E-state index is 12.5. The zero-order valence-electron chi connectivity index (χ0n) is 11.7. The van der Waals surface area contributed by atoms with Crippen LogP contribution >= 0.6 is 0 Å².